The number of carbonyl (C=O) groups is 3. The molecule has 144 valence electrons. The lowest BCUT2D eigenvalue weighted by Crippen LogP contribution is -2.14. The van der Waals surface area contributed by atoms with Gasteiger partial charge in [0.05, 0.1) is 18.8 Å². The minimum absolute atomic E-state index is 0.0307. The molecule has 0 atom stereocenters. The topological polar surface area (TPSA) is 105 Å². The number of hydrogen-bond acceptors (Lipinski definition) is 8. The van der Waals surface area contributed by atoms with Crippen LogP contribution in [0.5, 0.6) is 0 Å². The summed E-state index contributed by atoms with van der Waals surface area (Å²) in [6.45, 7) is 3.10. The molecule has 27 heavy (non-hydrogen) atoms. The van der Waals surface area contributed by atoms with E-state index in [4.69, 9.17) is 19.9 Å². The normalized spacial score (nSPS) is 10.3. The van der Waals surface area contributed by atoms with Gasteiger partial charge in [-0.05, 0) is 38.1 Å². The lowest BCUT2D eigenvalue weighted by atomic mass is 10.1. The number of ether oxygens (including phenoxy) is 3. The molecule has 2 N–H and O–H groups in total. The molecule has 0 amide bonds. The maximum Gasteiger partial charge on any atom is 0.348 e. The van der Waals surface area contributed by atoms with Crippen LogP contribution >= 0.6 is 11.3 Å². The third-order valence-corrected chi connectivity index (χ3v) is 4.44. The summed E-state index contributed by atoms with van der Waals surface area (Å²) in [6.07, 6.45) is 0. The second-order valence-corrected chi connectivity index (χ2v) is 6.23. The lowest BCUT2D eigenvalue weighted by molar-refractivity contribution is 0.0437. The lowest BCUT2D eigenvalue weighted by Gasteiger charge is -2.09. The number of hydrogen-bond donors (Lipinski definition) is 1. The Balaban J connectivity index is 2.31. The molecular formula is C18H18FNO6S. The molecule has 9 heteroatoms. The van der Waals surface area contributed by atoms with Crippen molar-refractivity contribution in [2.75, 3.05) is 18.9 Å². The molecule has 0 unspecified atom stereocenters. The third kappa shape index (κ3) is 4.82. The Kier molecular flexibility index (Phi) is 6.89. The predicted octanol–water partition coefficient (Wildman–Crippen LogP) is 3.18. The van der Waals surface area contributed by atoms with Crippen molar-refractivity contribution in [3.8, 4) is 0 Å². The van der Waals surface area contributed by atoms with Crippen molar-refractivity contribution in [1.82, 2.24) is 0 Å². The Morgan fingerprint density at radius 2 is 1.56 bits per heavy atom. The van der Waals surface area contributed by atoms with Gasteiger partial charge in [-0.2, -0.15) is 0 Å². The molecule has 1 heterocycles. The second-order valence-electron chi connectivity index (χ2n) is 5.17. The van der Waals surface area contributed by atoms with Gasteiger partial charge in [0.25, 0.3) is 0 Å². The van der Waals surface area contributed by atoms with Gasteiger partial charge >= 0.3 is 17.9 Å². The average Bonchev–Trinajstić information content (AvgIpc) is 2.97. The Morgan fingerprint density at radius 3 is 2.15 bits per heavy atom. The number of carbonyl (C=O) groups excluding carboxylic acids is 3. The van der Waals surface area contributed by atoms with Crippen molar-refractivity contribution in [1.29, 1.82) is 0 Å². The first-order valence-corrected chi connectivity index (χ1v) is 8.88. The first kappa shape index (κ1) is 20.4. The fourth-order valence-electron chi connectivity index (χ4n) is 2.22. The van der Waals surface area contributed by atoms with E-state index in [2.05, 4.69) is 0 Å². The number of anilines is 1. The first-order valence-electron chi connectivity index (χ1n) is 8.07. The van der Waals surface area contributed by atoms with Gasteiger partial charge in [-0.1, -0.05) is 0 Å². The van der Waals surface area contributed by atoms with Gasteiger partial charge in [0.2, 0.25) is 0 Å². The molecule has 0 spiro atoms. The third-order valence-electron chi connectivity index (χ3n) is 3.40. The predicted molar refractivity (Wildman–Crippen MR) is 96.2 cm³/mol. The van der Waals surface area contributed by atoms with Gasteiger partial charge in [-0.3, -0.25) is 0 Å². The molecule has 0 aliphatic carbocycles. The van der Waals surface area contributed by atoms with E-state index >= 15 is 0 Å². The van der Waals surface area contributed by atoms with Crippen molar-refractivity contribution in [2.24, 2.45) is 0 Å². The largest absolute Gasteiger partial charge is 0.462 e. The monoisotopic (exact) mass is 395 g/mol. The van der Waals surface area contributed by atoms with Crippen LogP contribution in [0.4, 0.5) is 9.39 Å². The van der Waals surface area contributed by atoms with Gasteiger partial charge < -0.3 is 19.9 Å². The zero-order chi connectivity index (χ0) is 20.0. The number of esters is 3. The van der Waals surface area contributed by atoms with Gasteiger partial charge in [0.1, 0.15) is 27.9 Å². The molecular weight excluding hydrogens is 377 g/mol. The highest BCUT2D eigenvalue weighted by Crippen LogP contribution is 2.33. The van der Waals surface area contributed by atoms with Crippen molar-refractivity contribution in [2.45, 2.75) is 20.5 Å². The van der Waals surface area contributed by atoms with E-state index in [0.29, 0.717) is 0 Å². The Morgan fingerprint density at radius 1 is 0.963 bits per heavy atom. The van der Waals surface area contributed by atoms with Crippen LogP contribution in [0.1, 0.15) is 49.8 Å². The summed E-state index contributed by atoms with van der Waals surface area (Å²) < 4.78 is 28.1. The molecule has 0 aliphatic rings. The van der Waals surface area contributed by atoms with Gasteiger partial charge in [0.15, 0.2) is 0 Å². The number of nitrogen functional groups attached to an aromatic ring is 1. The quantitative estimate of drug-likeness (QED) is 0.567. The summed E-state index contributed by atoms with van der Waals surface area (Å²) in [4.78, 5) is 36.6. The van der Waals surface area contributed by atoms with E-state index in [1.807, 2.05) is 0 Å². The summed E-state index contributed by atoms with van der Waals surface area (Å²) >= 11 is 0.854. The van der Waals surface area contributed by atoms with Crippen LogP contribution in [0, 0.1) is 5.82 Å². The highest BCUT2D eigenvalue weighted by atomic mass is 32.1. The van der Waals surface area contributed by atoms with Crippen LogP contribution in [0.2, 0.25) is 0 Å². The van der Waals surface area contributed by atoms with Crippen LogP contribution in [0.25, 0.3) is 0 Å². The Bertz CT molecular complexity index is 846. The van der Waals surface area contributed by atoms with Gasteiger partial charge in [-0.25, -0.2) is 18.8 Å². The van der Waals surface area contributed by atoms with E-state index in [9.17, 15) is 18.8 Å². The number of thiophene rings is 1. The molecule has 0 fully saturated rings. The Labute approximate surface area is 158 Å². The van der Waals surface area contributed by atoms with E-state index in [-0.39, 0.29) is 39.8 Å². The molecule has 0 radical (unpaired) electrons. The van der Waals surface area contributed by atoms with E-state index in [1.165, 1.54) is 12.1 Å². The maximum atomic E-state index is 13.0. The molecule has 0 saturated carbocycles. The Hall–Kier alpha value is -2.94. The smallest absolute Gasteiger partial charge is 0.348 e. The van der Waals surface area contributed by atoms with Gasteiger partial charge in [-0.15, -0.1) is 11.3 Å². The van der Waals surface area contributed by atoms with E-state index in [0.717, 1.165) is 23.5 Å². The minimum atomic E-state index is -0.746. The average molecular weight is 395 g/mol. The highest BCUT2D eigenvalue weighted by molar-refractivity contribution is 7.18. The molecule has 2 aromatic rings. The molecule has 0 bridgehead atoms. The number of benzene rings is 1. The summed E-state index contributed by atoms with van der Waals surface area (Å²) in [6, 6.07) is 4.76. The molecule has 0 saturated heterocycles. The molecule has 2 rings (SSSR count). The molecule has 0 aliphatic heterocycles. The number of halogens is 1. The van der Waals surface area contributed by atoms with Crippen molar-refractivity contribution in [3.63, 3.8) is 0 Å². The van der Waals surface area contributed by atoms with Crippen molar-refractivity contribution < 1.29 is 33.0 Å². The van der Waals surface area contributed by atoms with Crippen LogP contribution < -0.4 is 5.73 Å². The van der Waals surface area contributed by atoms with Crippen molar-refractivity contribution >= 4 is 34.2 Å². The van der Waals surface area contributed by atoms with Crippen LogP contribution in [0.15, 0.2) is 24.3 Å². The van der Waals surface area contributed by atoms with Crippen LogP contribution in [-0.4, -0.2) is 31.1 Å². The molecule has 1 aromatic carbocycles. The van der Waals surface area contributed by atoms with E-state index < -0.39 is 30.3 Å². The second kappa shape index (κ2) is 9.13. The van der Waals surface area contributed by atoms with Crippen LogP contribution in [-0.2, 0) is 20.8 Å². The zero-order valence-corrected chi connectivity index (χ0v) is 15.6. The number of rotatable bonds is 7. The first-order chi connectivity index (χ1) is 12.9. The maximum absolute atomic E-state index is 13.0. The van der Waals surface area contributed by atoms with Gasteiger partial charge in [0, 0.05) is 5.56 Å². The van der Waals surface area contributed by atoms with E-state index in [1.54, 1.807) is 13.8 Å². The fraction of sp³-hybridized carbons (Fsp3) is 0.278. The zero-order valence-electron chi connectivity index (χ0n) is 14.7. The SMILES string of the molecule is CCOC(=O)c1sc(N)c(C(=O)OCC)c1COC(=O)c1ccc(F)cc1. The summed E-state index contributed by atoms with van der Waals surface area (Å²) in [5.41, 5.74) is 6.07. The molecule has 1 aromatic heterocycles. The number of nitrogens with two attached hydrogens (primary N) is 1. The molecule has 7 nitrogen and oxygen atoms in total. The van der Waals surface area contributed by atoms with Crippen LogP contribution in [0.3, 0.4) is 0 Å². The fourth-order valence-corrected chi connectivity index (χ4v) is 3.17. The van der Waals surface area contributed by atoms with Crippen molar-refractivity contribution in [3.05, 3.63) is 51.7 Å². The summed E-state index contributed by atoms with van der Waals surface area (Å²) in [5.74, 6) is -2.65. The highest BCUT2D eigenvalue weighted by Gasteiger charge is 2.28. The summed E-state index contributed by atoms with van der Waals surface area (Å²) in [7, 11) is 0. The summed E-state index contributed by atoms with van der Waals surface area (Å²) in [5, 5.41) is 0.0596. The minimum Gasteiger partial charge on any atom is -0.462 e. The standard InChI is InChI=1S/C18H18FNO6S/c1-3-24-17(22)13-12(14(27-15(13)20)18(23)25-4-2)9-26-16(21)10-5-7-11(19)8-6-10/h5-8H,3-4,9,20H2,1-2H3.